The van der Waals surface area contributed by atoms with Crippen molar-refractivity contribution in [1.29, 1.82) is 0 Å². The van der Waals surface area contributed by atoms with E-state index in [1.54, 1.807) is 19.2 Å². The molecule has 1 heterocycles. The fourth-order valence-electron chi connectivity index (χ4n) is 2.28. The summed E-state index contributed by atoms with van der Waals surface area (Å²) in [6.45, 7) is 1.52. The highest BCUT2D eigenvalue weighted by atomic mass is 19.4. The van der Waals surface area contributed by atoms with Gasteiger partial charge in [0.1, 0.15) is 0 Å². The average molecular weight is 273 g/mol. The van der Waals surface area contributed by atoms with Crippen LogP contribution in [-0.2, 0) is 0 Å². The first-order valence-electron chi connectivity index (χ1n) is 6.18. The summed E-state index contributed by atoms with van der Waals surface area (Å²) in [6, 6.07) is 6.44. The summed E-state index contributed by atoms with van der Waals surface area (Å²) < 4.78 is 41.2. The third-order valence-corrected chi connectivity index (χ3v) is 3.26. The van der Waals surface area contributed by atoms with Crippen molar-refractivity contribution in [3.63, 3.8) is 0 Å². The number of para-hydroxylation sites is 2. The van der Waals surface area contributed by atoms with Gasteiger partial charge in [0.2, 0.25) is 0 Å². The highest BCUT2D eigenvalue weighted by Gasteiger charge is 2.33. The number of nitrogens with zero attached hydrogens (tertiary/aromatic N) is 2. The molecule has 0 aromatic heterocycles. The second-order valence-corrected chi connectivity index (χ2v) is 4.53. The van der Waals surface area contributed by atoms with E-state index >= 15 is 0 Å². The average Bonchev–Trinajstić information content (AvgIpc) is 2.38. The van der Waals surface area contributed by atoms with E-state index in [0.717, 1.165) is 25.9 Å². The molecule has 0 spiro atoms. The molecule has 19 heavy (non-hydrogen) atoms. The number of anilines is 1. The number of halogens is 3. The number of piperidine rings is 1. The summed E-state index contributed by atoms with van der Waals surface area (Å²) in [5.74, 6) is -0.153. The van der Waals surface area contributed by atoms with Crippen molar-refractivity contribution in [2.75, 3.05) is 25.0 Å². The summed E-state index contributed by atoms with van der Waals surface area (Å²) in [5.41, 5.74) is 0.465. The van der Waals surface area contributed by atoms with Gasteiger partial charge in [-0.1, -0.05) is 12.1 Å². The minimum absolute atomic E-state index is 0.153. The lowest BCUT2D eigenvalue weighted by Crippen LogP contribution is -2.39. The zero-order chi connectivity index (χ0) is 13.9. The van der Waals surface area contributed by atoms with Crippen molar-refractivity contribution < 1.29 is 17.9 Å². The quantitative estimate of drug-likeness (QED) is 0.846. The van der Waals surface area contributed by atoms with E-state index in [1.165, 1.54) is 12.1 Å². The van der Waals surface area contributed by atoms with Crippen LogP contribution in [0, 0.1) is 0 Å². The molecule has 0 N–H and O–H groups in total. The standard InChI is InChI=1S/C13H16F3N2O/c1-18(10-6-8-17-9-7-10)11-4-2-3-5-12(11)19-13(14,15)16/h2-5,10H,6-9H2,1H3. The van der Waals surface area contributed by atoms with E-state index in [4.69, 9.17) is 0 Å². The van der Waals surface area contributed by atoms with Crippen molar-refractivity contribution in [2.24, 2.45) is 0 Å². The zero-order valence-electron chi connectivity index (χ0n) is 10.7. The van der Waals surface area contributed by atoms with Crippen LogP contribution in [0.25, 0.3) is 0 Å². The maximum Gasteiger partial charge on any atom is 0.573 e. The Morgan fingerprint density at radius 1 is 1.21 bits per heavy atom. The third-order valence-electron chi connectivity index (χ3n) is 3.26. The predicted molar refractivity (Wildman–Crippen MR) is 66.4 cm³/mol. The summed E-state index contributed by atoms with van der Waals surface area (Å²) in [5, 5.41) is 4.25. The van der Waals surface area contributed by atoms with Crippen molar-refractivity contribution in [1.82, 2.24) is 5.32 Å². The minimum Gasteiger partial charge on any atom is -0.404 e. The molecular formula is C13H16F3N2O. The molecule has 1 saturated heterocycles. The molecule has 0 saturated carbocycles. The van der Waals surface area contributed by atoms with Crippen molar-refractivity contribution >= 4 is 5.69 Å². The van der Waals surface area contributed by atoms with Crippen LogP contribution in [0.1, 0.15) is 12.8 Å². The van der Waals surface area contributed by atoms with Gasteiger partial charge in [0.05, 0.1) is 5.69 Å². The molecule has 0 amide bonds. The van der Waals surface area contributed by atoms with Crippen LogP contribution < -0.4 is 15.0 Å². The van der Waals surface area contributed by atoms with Gasteiger partial charge in [0.25, 0.3) is 0 Å². The number of rotatable bonds is 3. The minimum atomic E-state index is -4.67. The lowest BCUT2D eigenvalue weighted by molar-refractivity contribution is -0.274. The van der Waals surface area contributed by atoms with Gasteiger partial charge < -0.3 is 9.64 Å². The van der Waals surface area contributed by atoms with E-state index in [1.807, 2.05) is 4.90 Å². The van der Waals surface area contributed by atoms with Crippen molar-refractivity contribution in [3.05, 3.63) is 24.3 Å². The van der Waals surface area contributed by atoms with Crippen LogP contribution in [0.3, 0.4) is 0 Å². The van der Waals surface area contributed by atoms with Crippen LogP contribution in [0.5, 0.6) is 5.75 Å². The van der Waals surface area contributed by atoms with Gasteiger partial charge in [-0.15, -0.1) is 13.2 Å². The molecule has 3 nitrogen and oxygen atoms in total. The fourth-order valence-corrected chi connectivity index (χ4v) is 2.28. The molecule has 1 aromatic carbocycles. The molecule has 2 rings (SSSR count). The topological polar surface area (TPSA) is 26.6 Å². The maximum absolute atomic E-state index is 12.4. The summed E-state index contributed by atoms with van der Waals surface area (Å²) in [4.78, 5) is 1.86. The van der Waals surface area contributed by atoms with E-state index in [9.17, 15) is 13.2 Å². The van der Waals surface area contributed by atoms with E-state index in [2.05, 4.69) is 10.1 Å². The second-order valence-electron chi connectivity index (χ2n) is 4.53. The van der Waals surface area contributed by atoms with E-state index in [-0.39, 0.29) is 11.8 Å². The van der Waals surface area contributed by atoms with E-state index in [0.29, 0.717) is 5.69 Å². The maximum atomic E-state index is 12.4. The van der Waals surface area contributed by atoms with Gasteiger partial charge in [0, 0.05) is 26.2 Å². The highest BCUT2D eigenvalue weighted by Crippen LogP contribution is 2.34. The SMILES string of the molecule is CN(c1ccccc1OC(F)(F)F)C1CC[N]CC1. The zero-order valence-corrected chi connectivity index (χ0v) is 10.7. The molecule has 1 aliphatic rings. The Balaban J connectivity index is 2.18. The summed E-state index contributed by atoms with van der Waals surface area (Å²) in [6.07, 6.45) is -2.95. The molecule has 0 aliphatic carbocycles. The second kappa shape index (κ2) is 5.69. The number of ether oxygens (including phenoxy) is 1. The molecule has 0 unspecified atom stereocenters. The molecule has 1 radical (unpaired) electrons. The Kier molecular flexibility index (Phi) is 4.19. The van der Waals surface area contributed by atoms with Gasteiger partial charge in [-0.25, -0.2) is 5.32 Å². The molecule has 1 aromatic rings. The third kappa shape index (κ3) is 3.76. The fraction of sp³-hybridized carbons (Fsp3) is 0.538. The largest absolute Gasteiger partial charge is 0.573 e. The Morgan fingerprint density at radius 2 is 1.84 bits per heavy atom. The molecule has 105 valence electrons. The van der Waals surface area contributed by atoms with Crippen LogP contribution in [-0.4, -0.2) is 32.5 Å². The lowest BCUT2D eigenvalue weighted by Gasteiger charge is -2.33. The van der Waals surface area contributed by atoms with Crippen LogP contribution in [0.2, 0.25) is 0 Å². The number of hydrogen-bond donors (Lipinski definition) is 0. The normalized spacial score (nSPS) is 17.3. The number of benzene rings is 1. The highest BCUT2D eigenvalue weighted by molar-refractivity contribution is 5.58. The molecule has 1 fully saturated rings. The predicted octanol–water partition coefficient (Wildman–Crippen LogP) is 2.79. The first-order valence-corrected chi connectivity index (χ1v) is 6.18. The van der Waals surface area contributed by atoms with Gasteiger partial charge in [-0.05, 0) is 25.0 Å². The number of alkyl halides is 3. The Hall–Kier alpha value is -1.43. The van der Waals surface area contributed by atoms with E-state index < -0.39 is 6.36 Å². The molecule has 6 heteroatoms. The van der Waals surface area contributed by atoms with Crippen molar-refractivity contribution in [3.8, 4) is 5.75 Å². The van der Waals surface area contributed by atoms with Crippen molar-refractivity contribution in [2.45, 2.75) is 25.2 Å². The Labute approximate surface area is 110 Å². The van der Waals surface area contributed by atoms with Crippen LogP contribution >= 0.6 is 0 Å². The van der Waals surface area contributed by atoms with Gasteiger partial charge in [0.15, 0.2) is 5.75 Å². The van der Waals surface area contributed by atoms with Crippen LogP contribution in [0.4, 0.5) is 18.9 Å². The first-order chi connectivity index (χ1) is 8.97. The molecule has 0 atom stereocenters. The number of hydrogen-bond acceptors (Lipinski definition) is 2. The van der Waals surface area contributed by atoms with Gasteiger partial charge >= 0.3 is 6.36 Å². The molecule has 0 bridgehead atoms. The monoisotopic (exact) mass is 273 g/mol. The lowest BCUT2D eigenvalue weighted by atomic mass is 10.0. The van der Waals surface area contributed by atoms with Gasteiger partial charge in [-0.3, -0.25) is 0 Å². The Bertz CT molecular complexity index is 417. The summed E-state index contributed by atoms with van der Waals surface area (Å²) in [7, 11) is 1.80. The Morgan fingerprint density at radius 3 is 2.47 bits per heavy atom. The molecule has 1 aliphatic heterocycles. The van der Waals surface area contributed by atoms with Gasteiger partial charge in [-0.2, -0.15) is 0 Å². The smallest absolute Gasteiger partial charge is 0.404 e. The first kappa shape index (κ1) is 14.0. The molecular weight excluding hydrogens is 257 g/mol. The summed E-state index contributed by atoms with van der Waals surface area (Å²) >= 11 is 0. The van der Waals surface area contributed by atoms with Crippen LogP contribution in [0.15, 0.2) is 24.3 Å².